The van der Waals surface area contributed by atoms with Gasteiger partial charge in [0.05, 0.1) is 4.92 Å². The molecule has 0 amide bonds. The van der Waals surface area contributed by atoms with E-state index in [1.165, 1.54) is 12.8 Å². The number of hydrogen-bond acceptors (Lipinski definition) is 6. The number of aromatic nitrogens is 2. The molecule has 1 saturated carbocycles. The largest absolute Gasteiger partial charge is 0.368 e. The fourth-order valence-corrected chi connectivity index (χ4v) is 2.52. The fraction of sp³-hybridized carbons (Fsp3) is 0.667. The molecule has 0 radical (unpaired) electrons. The molecule has 0 aliphatic heterocycles. The Bertz CT molecular complexity index is 469. The van der Waals surface area contributed by atoms with Gasteiger partial charge in [-0.15, -0.1) is 0 Å². The quantitative estimate of drug-likeness (QED) is 0.493. The molecular formula is C12H19N5O2. The predicted molar refractivity (Wildman–Crippen MR) is 72.9 cm³/mol. The van der Waals surface area contributed by atoms with Gasteiger partial charge in [-0.25, -0.2) is 4.98 Å². The van der Waals surface area contributed by atoms with Crippen molar-refractivity contribution < 1.29 is 4.92 Å². The van der Waals surface area contributed by atoms with Crippen LogP contribution in [0.5, 0.6) is 0 Å². The number of hydrogen-bond donors (Lipinski definition) is 2. The van der Waals surface area contributed by atoms with E-state index < -0.39 is 4.92 Å². The van der Waals surface area contributed by atoms with Crippen molar-refractivity contribution in [2.45, 2.75) is 51.5 Å². The molecule has 2 rings (SSSR count). The molecular weight excluding hydrogens is 246 g/mol. The van der Waals surface area contributed by atoms with Crippen molar-refractivity contribution in [3.05, 3.63) is 15.8 Å². The number of nitro groups is 1. The van der Waals surface area contributed by atoms with Gasteiger partial charge in [0.25, 0.3) is 0 Å². The molecule has 1 aromatic rings. The van der Waals surface area contributed by atoms with Crippen LogP contribution in [0.4, 0.5) is 17.5 Å². The molecule has 0 bridgehead atoms. The molecule has 0 spiro atoms. The highest BCUT2D eigenvalue weighted by atomic mass is 16.6. The van der Waals surface area contributed by atoms with Gasteiger partial charge in [0.15, 0.2) is 0 Å². The summed E-state index contributed by atoms with van der Waals surface area (Å²) in [5.74, 6) is 0.320. The van der Waals surface area contributed by atoms with Gasteiger partial charge in [-0.05, 0) is 19.8 Å². The second-order valence-corrected chi connectivity index (χ2v) is 4.95. The average Bonchev–Trinajstić information content (AvgIpc) is 2.56. The highest BCUT2D eigenvalue weighted by molar-refractivity contribution is 5.60. The molecule has 0 unspecified atom stereocenters. The van der Waals surface area contributed by atoms with Gasteiger partial charge < -0.3 is 11.1 Å². The minimum absolute atomic E-state index is 0.0687. The van der Waals surface area contributed by atoms with Crippen molar-refractivity contribution in [1.82, 2.24) is 9.97 Å². The minimum Gasteiger partial charge on any atom is -0.368 e. The number of nitrogens with two attached hydrogens (primary N) is 1. The molecule has 1 aliphatic carbocycles. The van der Waals surface area contributed by atoms with Crippen molar-refractivity contribution >= 4 is 17.5 Å². The lowest BCUT2D eigenvalue weighted by Gasteiger charge is -2.17. The zero-order chi connectivity index (χ0) is 13.8. The second kappa shape index (κ2) is 5.81. The van der Waals surface area contributed by atoms with Gasteiger partial charge in [0.2, 0.25) is 11.8 Å². The summed E-state index contributed by atoms with van der Waals surface area (Å²) in [6.07, 6.45) is 6.77. The van der Waals surface area contributed by atoms with Gasteiger partial charge in [-0.3, -0.25) is 10.1 Å². The van der Waals surface area contributed by atoms with Crippen LogP contribution in [0.1, 0.15) is 44.2 Å². The maximum Gasteiger partial charge on any atom is 0.332 e. The van der Waals surface area contributed by atoms with E-state index in [2.05, 4.69) is 15.3 Å². The Labute approximate surface area is 111 Å². The number of anilines is 2. The SMILES string of the molecule is Cc1nc(N)nc(NC2CCCCCC2)c1[N+](=O)[O-]. The van der Waals surface area contributed by atoms with Crippen LogP contribution in [-0.4, -0.2) is 20.9 Å². The molecule has 1 heterocycles. The zero-order valence-electron chi connectivity index (χ0n) is 11.1. The molecule has 7 nitrogen and oxygen atoms in total. The summed E-state index contributed by atoms with van der Waals surface area (Å²) >= 11 is 0. The third-order valence-electron chi connectivity index (χ3n) is 3.45. The minimum atomic E-state index is -0.451. The second-order valence-electron chi connectivity index (χ2n) is 4.95. The Morgan fingerprint density at radius 1 is 1.26 bits per heavy atom. The van der Waals surface area contributed by atoms with Gasteiger partial charge >= 0.3 is 5.69 Å². The number of nitrogens with one attached hydrogen (secondary N) is 1. The van der Waals surface area contributed by atoms with Crippen molar-refractivity contribution in [3.63, 3.8) is 0 Å². The average molecular weight is 265 g/mol. The van der Waals surface area contributed by atoms with E-state index in [0.717, 1.165) is 25.7 Å². The predicted octanol–water partition coefficient (Wildman–Crippen LogP) is 2.41. The highest BCUT2D eigenvalue weighted by Gasteiger charge is 2.24. The van der Waals surface area contributed by atoms with Crippen molar-refractivity contribution in [3.8, 4) is 0 Å². The van der Waals surface area contributed by atoms with Crippen LogP contribution >= 0.6 is 0 Å². The third-order valence-corrected chi connectivity index (χ3v) is 3.45. The maximum absolute atomic E-state index is 11.1. The normalized spacial score (nSPS) is 16.9. The molecule has 1 aliphatic rings. The van der Waals surface area contributed by atoms with Crippen LogP contribution in [0.2, 0.25) is 0 Å². The number of nitrogen functional groups attached to an aromatic ring is 1. The van der Waals surface area contributed by atoms with E-state index in [4.69, 9.17) is 5.73 Å². The Balaban J connectivity index is 2.24. The van der Waals surface area contributed by atoms with Crippen LogP contribution in [0, 0.1) is 17.0 Å². The van der Waals surface area contributed by atoms with E-state index in [1.807, 2.05) is 0 Å². The van der Waals surface area contributed by atoms with Crippen molar-refractivity contribution in [1.29, 1.82) is 0 Å². The molecule has 0 atom stereocenters. The lowest BCUT2D eigenvalue weighted by atomic mass is 10.1. The topological polar surface area (TPSA) is 107 Å². The van der Waals surface area contributed by atoms with Gasteiger partial charge in [-0.2, -0.15) is 4.98 Å². The summed E-state index contributed by atoms with van der Waals surface area (Å²) in [4.78, 5) is 18.5. The lowest BCUT2D eigenvalue weighted by molar-refractivity contribution is -0.385. The van der Waals surface area contributed by atoms with E-state index in [9.17, 15) is 10.1 Å². The van der Waals surface area contributed by atoms with Crippen molar-refractivity contribution in [2.24, 2.45) is 0 Å². The zero-order valence-corrected chi connectivity index (χ0v) is 11.1. The first-order chi connectivity index (χ1) is 9.08. The molecule has 104 valence electrons. The first-order valence-electron chi connectivity index (χ1n) is 6.63. The standard InChI is InChI=1S/C12H19N5O2/c1-8-10(17(18)19)11(16-12(13)14-8)15-9-6-4-2-3-5-7-9/h9H,2-7H2,1H3,(H3,13,14,15,16). The van der Waals surface area contributed by atoms with Gasteiger partial charge in [0, 0.05) is 6.04 Å². The summed E-state index contributed by atoms with van der Waals surface area (Å²) in [7, 11) is 0. The first kappa shape index (κ1) is 13.5. The first-order valence-corrected chi connectivity index (χ1v) is 6.63. The van der Waals surface area contributed by atoms with E-state index in [1.54, 1.807) is 6.92 Å². The number of nitrogens with zero attached hydrogens (tertiary/aromatic N) is 3. The van der Waals surface area contributed by atoms with Crippen LogP contribution < -0.4 is 11.1 Å². The molecule has 0 saturated heterocycles. The van der Waals surface area contributed by atoms with E-state index >= 15 is 0 Å². The monoisotopic (exact) mass is 265 g/mol. The van der Waals surface area contributed by atoms with E-state index in [-0.39, 0.29) is 23.5 Å². The fourth-order valence-electron chi connectivity index (χ4n) is 2.52. The Kier molecular flexibility index (Phi) is 4.13. The number of aryl methyl sites for hydroxylation is 1. The summed E-state index contributed by atoms with van der Waals surface area (Å²) < 4.78 is 0. The van der Waals surface area contributed by atoms with Crippen LogP contribution in [0.3, 0.4) is 0 Å². The molecule has 1 fully saturated rings. The lowest BCUT2D eigenvalue weighted by Crippen LogP contribution is -2.21. The maximum atomic E-state index is 11.1. The van der Waals surface area contributed by atoms with Crippen LogP contribution in [0.25, 0.3) is 0 Å². The molecule has 3 N–H and O–H groups in total. The highest BCUT2D eigenvalue weighted by Crippen LogP contribution is 2.28. The Hall–Kier alpha value is -1.92. The summed E-state index contributed by atoms with van der Waals surface area (Å²) in [6.45, 7) is 1.58. The van der Waals surface area contributed by atoms with E-state index in [0.29, 0.717) is 5.69 Å². The molecule has 1 aromatic heterocycles. The molecule has 0 aromatic carbocycles. The van der Waals surface area contributed by atoms with Crippen LogP contribution in [0.15, 0.2) is 0 Å². The smallest absolute Gasteiger partial charge is 0.332 e. The molecule has 7 heteroatoms. The van der Waals surface area contributed by atoms with Crippen LogP contribution in [-0.2, 0) is 0 Å². The van der Waals surface area contributed by atoms with Crippen molar-refractivity contribution in [2.75, 3.05) is 11.1 Å². The summed E-state index contributed by atoms with van der Waals surface area (Å²) in [6, 6.07) is 0.231. The summed E-state index contributed by atoms with van der Waals surface area (Å²) in [5.41, 5.74) is 5.81. The Morgan fingerprint density at radius 2 is 1.89 bits per heavy atom. The molecule has 19 heavy (non-hydrogen) atoms. The summed E-state index contributed by atoms with van der Waals surface area (Å²) in [5, 5.41) is 14.3. The third kappa shape index (κ3) is 3.30. The number of rotatable bonds is 3. The van der Waals surface area contributed by atoms with Gasteiger partial charge in [0.1, 0.15) is 5.69 Å². The Morgan fingerprint density at radius 3 is 2.47 bits per heavy atom. The van der Waals surface area contributed by atoms with Gasteiger partial charge in [-0.1, -0.05) is 25.7 Å².